The molecule has 2 amide bonds. The Balaban J connectivity index is 1.36. The van der Waals surface area contributed by atoms with Crippen LogP contribution in [0.1, 0.15) is 5.56 Å². The second kappa shape index (κ2) is 9.43. The van der Waals surface area contributed by atoms with E-state index in [1.165, 1.54) is 4.31 Å². The molecule has 1 aliphatic heterocycles. The molecule has 0 bridgehead atoms. The molecule has 4 N–H and O–H groups in total. The predicted molar refractivity (Wildman–Crippen MR) is 129 cm³/mol. The van der Waals surface area contributed by atoms with Gasteiger partial charge in [0.05, 0.1) is 4.90 Å². The summed E-state index contributed by atoms with van der Waals surface area (Å²) in [7, 11) is -3.64. The Hall–Kier alpha value is -3.69. The molecular formula is C24H25N5O3S. The van der Waals surface area contributed by atoms with Gasteiger partial charge in [0.2, 0.25) is 10.0 Å². The molecule has 0 aromatic heterocycles. The van der Waals surface area contributed by atoms with Crippen molar-refractivity contribution >= 4 is 27.6 Å². The van der Waals surface area contributed by atoms with Crippen LogP contribution in [0.25, 0.3) is 11.1 Å². The number of piperazine rings is 1. The molecule has 3 aromatic rings. The van der Waals surface area contributed by atoms with Crippen molar-refractivity contribution in [2.45, 2.75) is 4.90 Å². The molecule has 1 aliphatic rings. The highest BCUT2D eigenvalue weighted by atomic mass is 32.2. The van der Waals surface area contributed by atoms with Crippen LogP contribution in [0, 0.1) is 5.41 Å². The molecule has 1 fully saturated rings. The molecule has 1 saturated heterocycles. The number of nitrogens with one attached hydrogen (secondary N) is 2. The second-order valence-electron chi connectivity index (χ2n) is 7.70. The van der Waals surface area contributed by atoms with Gasteiger partial charge in [0.25, 0.3) is 0 Å². The maximum absolute atomic E-state index is 13.1. The fraction of sp³-hybridized carbons (Fsp3) is 0.167. The molecule has 1 heterocycles. The lowest BCUT2D eigenvalue weighted by Crippen LogP contribution is -2.51. The molecule has 0 radical (unpaired) electrons. The highest BCUT2D eigenvalue weighted by Crippen LogP contribution is 2.23. The van der Waals surface area contributed by atoms with Gasteiger partial charge < -0.3 is 16.0 Å². The first kappa shape index (κ1) is 22.5. The molecule has 9 heteroatoms. The van der Waals surface area contributed by atoms with Crippen molar-refractivity contribution in [3.8, 4) is 11.1 Å². The summed E-state index contributed by atoms with van der Waals surface area (Å²) in [5, 5.41) is 10.2. The quantitative estimate of drug-likeness (QED) is 0.398. The van der Waals surface area contributed by atoms with Gasteiger partial charge in [0.15, 0.2) is 0 Å². The van der Waals surface area contributed by atoms with Gasteiger partial charge in [-0.2, -0.15) is 4.31 Å². The second-order valence-corrected chi connectivity index (χ2v) is 9.64. The van der Waals surface area contributed by atoms with Gasteiger partial charge >= 0.3 is 6.03 Å². The summed E-state index contributed by atoms with van der Waals surface area (Å²) < 4.78 is 27.6. The zero-order chi connectivity index (χ0) is 23.4. The largest absolute Gasteiger partial charge is 0.384 e. The first-order valence-corrected chi connectivity index (χ1v) is 11.9. The monoisotopic (exact) mass is 463 g/mol. The minimum Gasteiger partial charge on any atom is -0.384 e. The van der Waals surface area contributed by atoms with Crippen LogP contribution in [0.15, 0.2) is 83.8 Å². The fourth-order valence-electron chi connectivity index (χ4n) is 3.67. The van der Waals surface area contributed by atoms with E-state index in [4.69, 9.17) is 11.1 Å². The molecular weight excluding hydrogens is 438 g/mol. The SMILES string of the molecule is N=C(N)c1ccc(NC(=O)N2CCN(S(=O)(=O)c3ccc(-c4ccccc4)cc3)CC2)cc1. The molecule has 0 spiro atoms. The Morgan fingerprint density at radius 3 is 1.97 bits per heavy atom. The summed E-state index contributed by atoms with van der Waals surface area (Å²) in [4.78, 5) is 14.4. The van der Waals surface area contributed by atoms with Crippen molar-refractivity contribution < 1.29 is 13.2 Å². The van der Waals surface area contributed by atoms with E-state index in [0.717, 1.165) is 11.1 Å². The normalized spacial score (nSPS) is 14.6. The minimum absolute atomic E-state index is 0.0417. The third kappa shape index (κ3) is 5.05. The number of anilines is 1. The summed E-state index contributed by atoms with van der Waals surface area (Å²) in [5.41, 5.74) is 8.57. The highest BCUT2D eigenvalue weighted by molar-refractivity contribution is 7.89. The molecule has 0 atom stereocenters. The van der Waals surface area contributed by atoms with E-state index < -0.39 is 10.0 Å². The van der Waals surface area contributed by atoms with Crippen molar-refractivity contribution in [3.63, 3.8) is 0 Å². The van der Waals surface area contributed by atoms with E-state index in [-0.39, 0.29) is 29.9 Å². The number of hydrogen-bond donors (Lipinski definition) is 3. The van der Waals surface area contributed by atoms with Gasteiger partial charge in [-0.1, -0.05) is 42.5 Å². The van der Waals surface area contributed by atoms with E-state index in [1.54, 1.807) is 41.3 Å². The highest BCUT2D eigenvalue weighted by Gasteiger charge is 2.30. The number of nitrogens with two attached hydrogens (primary N) is 1. The van der Waals surface area contributed by atoms with E-state index in [9.17, 15) is 13.2 Å². The van der Waals surface area contributed by atoms with Gasteiger partial charge in [0, 0.05) is 37.4 Å². The third-order valence-electron chi connectivity index (χ3n) is 5.57. The third-order valence-corrected chi connectivity index (χ3v) is 7.49. The van der Waals surface area contributed by atoms with Gasteiger partial charge in [-0.15, -0.1) is 0 Å². The van der Waals surface area contributed by atoms with E-state index in [1.807, 2.05) is 42.5 Å². The molecule has 170 valence electrons. The standard InChI is InChI=1S/C24H25N5O3S/c25-23(26)20-6-10-21(11-7-20)27-24(30)28-14-16-29(17-15-28)33(31,32)22-12-8-19(9-13-22)18-4-2-1-3-5-18/h1-13H,14-17H2,(H3,25,26)(H,27,30). The summed E-state index contributed by atoms with van der Waals surface area (Å²) in [6.07, 6.45) is 0. The predicted octanol–water partition coefficient (Wildman–Crippen LogP) is 3.18. The van der Waals surface area contributed by atoms with Crippen LogP contribution < -0.4 is 11.1 Å². The maximum atomic E-state index is 13.1. The number of carbonyl (C=O) groups is 1. The van der Waals surface area contributed by atoms with E-state index in [0.29, 0.717) is 24.3 Å². The van der Waals surface area contributed by atoms with Crippen LogP contribution in [-0.4, -0.2) is 55.7 Å². The van der Waals surface area contributed by atoms with Gasteiger partial charge in [-0.25, -0.2) is 13.2 Å². The zero-order valence-electron chi connectivity index (χ0n) is 17.9. The van der Waals surface area contributed by atoms with Crippen molar-refractivity contribution in [3.05, 3.63) is 84.4 Å². The Morgan fingerprint density at radius 1 is 0.818 bits per heavy atom. The molecule has 0 unspecified atom stereocenters. The Bertz CT molecular complexity index is 1240. The average Bonchev–Trinajstić information content (AvgIpc) is 2.85. The molecule has 0 saturated carbocycles. The topological polar surface area (TPSA) is 120 Å². The average molecular weight is 464 g/mol. The van der Waals surface area contributed by atoms with E-state index >= 15 is 0 Å². The van der Waals surface area contributed by atoms with Crippen molar-refractivity contribution in [2.24, 2.45) is 5.73 Å². The summed E-state index contributed by atoms with van der Waals surface area (Å²) in [6, 6.07) is 23.0. The number of hydrogen-bond acceptors (Lipinski definition) is 4. The van der Waals surface area contributed by atoms with Crippen LogP contribution in [0.5, 0.6) is 0 Å². The number of sulfonamides is 1. The number of rotatable bonds is 5. The lowest BCUT2D eigenvalue weighted by molar-refractivity contribution is 0.184. The van der Waals surface area contributed by atoms with E-state index in [2.05, 4.69) is 5.32 Å². The number of amidine groups is 1. The number of urea groups is 1. The molecule has 3 aromatic carbocycles. The number of carbonyl (C=O) groups excluding carboxylic acids is 1. The van der Waals surface area contributed by atoms with Crippen LogP contribution in [-0.2, 0) is 10.0 Å². The molecule has 4 rings (SSSR count). The van der Waals surface area contributed by atoms with Crippen LogP contribution in [0.3, 0.4) is 0 Å². The molecule has 0 aliphatic carbocycles. The van der Waals surface area contributed by atoms with Gasteiger partial charge in [-0.3, -0.25) is 5.41 Å². The Kier molecular flexibility index (Phi) is 6.43. The zero-order valence-corrected chi connectivity index (χ0v) is 18.8. The lowest BCUT2D eigenvalue weighted by Gasteiger charge is -2.34. The minimum atomic E-state index is -3.64. The first-order chi connectivity index (χ1) is 15.8. The summed E-state index contributed by atoms with van der Waals surface area (Å²) >= 11 is 0. The summed E-state index contributed by atoms with van der Waals surface area (Å²) in [5.74, 6) is -0.0417. The smallest absolute Gasteiger partial charge is 0.321 e. The maximum Gasteiger partial charge on any atom is 0.321 e. The Morgan fingerprint density at radius 2 is 1.39 bits per heavy atom. The fourth-order valence-corrected chi connectivity index (χ4v) is 5.09. The number of benzene rings is 3. The van der Waals surface area contributed by atoms with Crippen LogP contribution in [0.4, 0.5) is 10.5 Å². The Labute approximate surface area is 193 Å². The summed E-state index contributed by atoms with van der Waals surface area (Å²) in [6.45, 7) is 1.02. The number of amides is 2. The van der Waals surface area contributed by atoms with Crippen molar-refractivity contribution in [1.82, 2.24) is 9.21 Å². The van der Waals surface area contributed by atoms with Gasteiger partial charge in [-0.05, 0) is 47.5 Å². The van der Waals surface area contributed by atoms with Crippen molar-refractivity contribution in [1.29, 1.82) is 5.41 Å². The van der Waals surface area contributed by atoms with Gasteiger partial charge in [0.1, 0.15) is 5.84 Å². The van der Waals surface area contributed by atoms with Crippen LogP contribution in [0.2, 0.25) is 0 Å². The number of nitrogen functional groups attached to an aromatic ring is 1. The number of nitrogens with zero attached hydrogens (tertiary/aromatic N) is 2. The van der Waals surface area contributed by atoms with Crippen molar-refractivity contribution in [2.75, 3.05) is 31.5 Å². The first-order valence-electron chi connectivity index (χ1n) is 10.5. The molecule has 33 heavy (non-hydrogen) atoms. The van der Waals surface area contributed by atoms with Crippen LogP contribution >= 0.6 is 0 Å². The lowest BCUT2D eigenvalue weighted by atomic mass is 10.1. The molecule has 8 nitrogen and oxygen atoms in total.